The Hall–Kier alpha value is -1.44. The zero-order valence-corrected chi connectivity index (χ0v) is 18.0. The fourth-order valence-electron chi connectivity index (χ4n) is 1.69. The summed E-state index contributed by atoms with van der Waals surface area (Å²) >= 11 is 2.08. The summed E-state index contributed by atoms with van der Waals surface area (Å²) in [6.45, 7) is 12.8. The van der Waals surface area contributed by atoms with Crippen LogP contribution in [-0.4, -0.2) is 3.81 Å². The zero-order chi connectivity index (χ0) is 19.1. The van der Waals surface area contributed by atoms with Gasteiger partial charge in [0, 0.05) is 0 Å². The number of allylic oxidation sites excluding steroid dienone is 7. The van der Waals surface area contributed by atoms with Crippen LogP contribution in [0, 0.1) is 11.5 Å². The van der Waals surface area contributed by atoms with Crippen molar-refractivity contribution in [2.45, 2.75) is 48.0 Å². The predicted molar refractivity (Wildman–Crippen MR) is 107 cm³/mol. The summed E-state index contributed by atoms with van der Waals surface area (Å²) in [5.41, 5.74) is 1.74. The summed E-state index contributed by atoms with van der Waals surface area (Å²) in [6, 6.07) is 9.68. The second-order valence-electron chi connectivity index (χ2n) is 6.75. The van der Waals surface area contributed by atoms with Crippen LogP contribution >= 0.6 is 0 Å². The normalized spacial score (nSPS) is 13.0. The van der Waals surface area contributed by atoms with E-state index in [0.717, 1.165) is 12.2 Å². The molecule has 2 rings (SSSR count). The molecule has 133 valence electrons. The molecule has 1 aliphatic rings. The molecule has 0 aliphatic heterocycles. The first kappa shape index (κ1) is 23.6. The molecule has 0 heterocycles. The predicted octanol–water partition coefficient (Wildman–Crippen LogP) is 6.62. The van der Waals surface area contributed by atoms with Gasteiger partial charge in [-0.05, 0) is 25.1 Å². The molecule has 0 saturated carbocycles. The van der Waals surface area contributed by atoms with Gasteiger partial charge in [0.1, 0.15) is 5.75 Å². The van der Waals surface area contributed by atoms with E-state index < -0.39 is 0 Å². The van der Waals surface area contributed by atoms with E-state index in [9.17, 15) is 0 Å². The first-order valence-electron chi connectivity index (χ1n) is 8.56. The maximum absolute atomic E-state index is 5.28. The number of hydrogen-bond donors (Lipinski definition) is 0. The summed E-state index contributed by atoms with van der Waals surface area (Å²) in [5, 5.41) is 0. The Kier molecular flexibility index (Phi) is 13.0. The molecule has 0 saturated heterocycles. The van der Waals surface area contributed by atoms with Gasteiger partial charge in [-0.1, -0.05) is 56.5 Å². The summed E-state index contributed by atoms with van der Waals surface area (Å²) in [4.78, 5) is 0. The van der Waals surface area contributed by atoms with Crippen molar-refractivity contribution in [3.63, 3.8) is 0 Å². The number of ether oxygens (including phenoxy) is 1. The molecule has 1 aliphatic carbocycles. The van der Waals surface area contributed by atoms with E-state index in [0.29, 0.717) is 5.41 Å². The quantitative estimate of drug-likeness (QED) is 0.251. The summed E-state index contributed by atoms with van der Waals surface area (Å²) in [6.07, 6.45) is 15.9. The van der Waals surface area contributed by atoms with E-state index in [1.165, 1.54) is 9.38 Å². The Morgan fingerprint density at radius 3 is 2.12 bits per heavy atom. The first-order valence-corrected chi connectivity index (χ1v) is 9.34. The SMILES string of the molecule is CC(C)(C)C1=CC[C-]=C1.CC=CC=COc1ccccc1.C[C](C)=[Ti+]. The van der Waals surface area contributed by atoms with Crippen LogP contribution in [0.3, 0.4) is 0 Å². The molecule has 0 aromatic heterocycles. The molecule has 0 amide bonds. The van der Waals surface area contributed by atoms with Gasteiger partial charge in [-0.25, -0.2) is 6.08 Å². The molecule has 0 N–H and O–H groups in total. The molecule has 0 fully saturated rings. The van der Waals surface area contributed by atoms with Crippen LogP contribution in [0.15, 0.2) is 72.5 Å². The molecule has 25 heavy (non-hydrogen) atoms. The van der Waals surface area contributed by atoms with Crippen LogP contribution < -0.4 is 4.74 Å². The van der Waals surface area contributed by atoms with Crippen LogP contribution in [0.1, 0.15) is 48.0 Å². The van der Waals surface area contributed by atoms with Crippen LogP contribution in [0.5, 0.6) is 5.75 Å². The molecule has 1 aromatic rings. The van der Waals surface area contributed by atoms with E-state index in [2.05, 4.69) is 72.8 Å². The third kappa shape index (κ3) is 14.6. The second-order valence-corrected chi connectivity index (χ2v) is 8.31. The minimum absolute atomic E-state index is 0.323. The van der Waals surface area contributed by atoms with Crippen molar-refractivity contribution in [2.24, 2.45) is 5.41 Å². The molecular formula is C23H31OTi. The van der Waals surface area contributed by atoms with Gasteiger partial charge in [-0.2, -0.15) is 11.6 Å². The standard InChI is InChI=1S/C11H12O.C9H13.C3H6.Ti/c1-2-3-7-10-12-11-8-5-4-6-9-11;1-9(2,3)8-6-4-5-7-8;1-3-2;/h2-10H,1H3;6-7H,4H2,1-3H3;1-2H3;/q;-1;;+1. The number of hydrogen-bond acceptors (Lipinski definition) is 1. The van der Waals surface area contributed by atoms with Crippen molar-refractivity contribution in [3.8, 4) is 5.75 Å². The van der Waals surface area contributed by atoms with E-state index in [1.807, 2.05) is 55.5 Å². The van der Waals surface area contributed by atoms with Crippen LogP contribution in [-0.2, 0) is 20.0 Å². The second kappa shape index (κ2) is 13.8. The molecule has 2 heteroatoms. The van der Waals surface area contributed by atoms with E-state index in [1.54, 1.807) is 6.26 Å². The Morgan fingerprint density at radius 1 is 1.12 bits per heavy atom. The van der Waals surface area contributed by atoms with Gasteiger partial charge in [-0.15, -0.1) is 6.42 Å². The first-order chi connectivity index (χ1) is 11.8. The summed E-state index contributed by atoms with van der Waals surface area (Å²) in [5.74, 6) is 0.859. The molecule has 0 spiro atoms. The molecule has 0 atom stereocenters. The molecular weight excluding hydrogens is 340 g/mol. The third-order valence-electron chi connectivity index (χ3n) is 2.89. The van der Waals surface area contributed by atoms with Gasteiger partial charge in [0.15, 0.2) is 0 Å². The van der Waals surface area contributed by atoms with E-state index in [4.69, 9.17) is 4.74 Å². The van der Waals surface area contributed by atoms with E-state index in [-0.39, 0.29) is 0 Å². The fourth-order valence-corrected chi connectivity index (χ4v) is 1.69. The van der Waals surface area contributed by atoms with Crippen molar-refractivity contribution in [3.05, 3.63) is 78.6 Å². The van der Waals surface area contributed by atoms with E-state index >= 15 is 0 Å². The van der Waals surface area contributed by atoms with Gasteiger partial charge in [-0.3, -0.25) is 6.08 Å². The average Bonchev–Trinajstić information content (AvgIpc) is 3.07. The average molecular weight is 371 g/mol. The van der Waals surface area contributed by atoms with Gasteiger partial charge in [0.25, 0.3) is 0 Å². The fraction of sp³-hybridized carbons (Fsp3) is 0.348. The molecule has 1 nitrogen and oxygen atoms in total. The van der Waals surface area contributed by atoms with Crippen molar-refractivity contribution in [1.29, 1.82) is 0 Å². The third-order valence-corrected chi connectivity index (χ3v) is 2.89. The Balaban J connectivity index is 0.000000391. The number of para-hydroxylation sites is 1. The van der Waals surface area contributed by atoms with Crippen molar-refractivity contribution < 1.29 is 24.7 Å². The molecule has 1 aromatic carbocycles. The Morgan fingerprint density at radius 2 is 1.72 bits per heavy atom. The summed E-state index contributed by atoms with van der Waals surface area (Å²) in [7, 11) is 0. The number of benzene rings is 1. The zero-order valence-electron chi connectivity index (χ0n) is 16.5. The van der Waals surface area contributed by atoms with Crippen LogP contribution in [0.2, 0.25) is 0 Å². The maximum atomic E-state index is 5.28. The van der Waals surface area contributed by atoms with Gasteiger partial charge in [0.05, 0.1) is 6.26 Å². The van der Waals surface area contributed by atoms with Crippen molar-refractivity contribution in [2.75, 3.05) is 0 Å². The number of rotatable bonds is 3. The monoisotopic (exact) mass is 371 g/mol. The summed E-state index contributed by atoms with van der Waals surface area (Å²) < 4.78 is 6.69. The Bertz CT molecular complexity index is 595. The van der Waals surface area contributed by atoms with Crippen LogP contribution in [0.25, 0.3) is 0 Å². The Labute approximate surface area is 166 Å². The van der Waals surface area contributed by atoms with Crippen molar-refractivity contribution >= 4 is 3.81 Å². The van der Waals surface area contributed by atoms with Crippen LogP contribution in [0.4, 0.5) is 0 Å². The molecule has 0 bridgehead atoms. The van der Waals surface area contributed by atoms with Gasteiger partial charge >= 0.3 is 37.6 Å². The molecule has 0 radical (unpaired) electrons. The minimum atomic E-state index is 0.323. The molecule has 0 unspecified atom stereocenters. The van der Waals surface area contributed by atoms with Gasteiger partial charge < -0.3 is 4.74 Å². The topological polar surface area (TPSA) is 9.23 Å². The van der Waals surface area contributed by atoms with Crippen molar-refractivity contribution in [1.82, 2.24) is 0 Å². The van der Waals surface area contributed by atoms with Gasteiger partial charge in [0.2, 0.25) is 0 Å².